The largest absolute Gasteiger partial charge is 2.00 e. The molecule has 4 aromatic rings. The first-order chi connectivity index (χ1) is 14.0. The van der Waals surface area contributed by atoms with Gasteiger partial charge in [-0.25, -0.2) is 8.78 Å². The van der Waals surface area contributed by atoms with Crippen molar-refractivity contribution in [3.8, 4) is 22.5 Å². The number of halogens is 2. The van der Waals surface area contributed by atoms with Crippen molar-refractivity contribution >= 4 is 0 Å². The maximum Gasteiger partial charge on any atom is 2.00 e. The number of pyridine rings is 4. The Labute approximate surface area is 187 Å². The van der Waals surface area contributed by atoms with Gasteiger partial charge in [0.05, 0.1) is 0 Å². The van der Waals surface area contributed by atoms with E-state index in [0.29, 0.717) is 22.8 Å². The molecule has 0 atom stereocenters. The average molecular weight is 581 g/mol. The Morgan fingerprint density at radius 1 is 0.733 bits per heavy atom. The number of hydrogen-bond donors (Lipinski definition) is 0. The maximum absolute atomic E-state index is 14.1. The van der Waals surface area contributed by atoms with Crippen LogP contribution in [0.5, 0.6) is 0 Å². The van der Waals surface area contributed by atoms with Crippen molar-refractivity contribution in [3.05, 3.63) is 96.3 Å². The molecule has 0 bridgehead atoms. The van der Waals surface area contributed by atoms with Crippen LogP contribution in [-0.2, 0) is 26.5 Å². The second-order valence-electron chi connectivity index (χ2n) is 6.95. The van der Waals surface area contributed by atoms with Crippen molar-refractivity contribution in [2.45, 2.75) is 19.3 Å². The van der Waals surface area contributed by atoms with Crippen molar-refractivity contribution in [1.82, 2.24) is 19.9 Å². The minimum Gasteiger partial charge on any atom is -0.326 e. The van der Waals surface area contributed by atoms with Gasteiger partial charge in [-0.2, -0.15) is 0 Å². The molecule has 0 saturated heterocycles. The first-order valence-electron chi connectivity index (χ1n) is 8.97. The fourth-order valence-corrected chi connectivity index (χ4v) is 3.03. The summed E-state index contributed by atoms with van der Waals surface area (Å²) < 4.78 is 28.1. The van der Waals surface area contributed by atoms with Crippen LogP contribution in [0, 0.1) is 24.0 Å². The van der Waals surface area contributed by atoms with Crippen LogP contribution in [0.3, 0.4) is 0 Å². The second kappa shape index (κ2) is 8.88. The Bertz CT molecular complexity index is 1090. The molecule has 4 aromatic heterocycles. The van der Waals surface area contributed by atoms with Gasteiger partial charge in [0, 0.05) is 16.8 Å². The predicted octanol–water partition coefficient (Wildman–Crippen LogP) is 4.80. The van der Waals surface area contributed by atoms with Crippen LogP contribution in [0.4, 0.5) is 8.78 Å². The molecule has 0 spiro atoms. The molecule has 4 nitrogen and oxygen atoms in total. The van der Waals surface area contributed by atoms with E-state index in [-0.39, 0.29) is 32.2 Å². The zero-order valence-corrected chi connectivity index (χ0v) is 18.4. The van der Waals surface area contributed by atoms with Gasteiger partial charge in [0.15, 0.2) is 0 Å². The fraction of sp³-hybridized carbons (Fsp3) is 0.130. The molecule has 0 fully saturated rings. The Morgan fingerprint density at radius 3 is 1.57 bits per heavy atom. The van der Waals surface area contributed by atoms with Crippen LogP contribution in [0.2, 0.25) is 0 Å². The van der Waals surface area contributed by atoms with Gasteiger partial charge in [-0.05, 0) is 37.4 Å². The first kappa shape index (κ1) is 21.8. The van der Waals surface area contributed by atoms with Crippen LogP contribution in [-0.4, -0.2) is 19.9 Å². The Hall–Kier alpha value is -2.85. The summed E-state index contributed by atoms with van der Waals surface area (Å²) in [6, 6.07) is 19.5. The molecule has 0 aromatic carbocycles. The van der Waals surface area contributed by atoms with E-state index in [1.165, 1.54) is 12.4 Å². The molecule has 0 saturated carbocycles. The zero-order valence-electron chi connectivity index (χ0n) is 16.1. The van der Waals surface area contributed by atoms with Crippen molar-refractivity contribution in [3.63, 3.8) is 0 Å². The maximum atomic E-state index is 14.1. The molecule has 0 aliphatic rings. The Morgan fingerprint density at radius 2 is 1.17 bits per heavy atom. The predicted molar refractivity (Wildman–Crippen MR) is 105 cm³/mol. The minimum atomic E-state index is -0.627. The Kier molecular flexibility index (Phi) is 6.47. The first-order valence-corrected chi connectivity index (χ1v) is 8.97. The van der Waals surface area contributed by atoms with Gasteiger partial charge in [0.25, 0.3) is 0 Å². The third kappa shape index (κ3) is 4.19. The van der Waals surface area contributed by atoms with E-state index in [0.717, 1.165) is 0 Å². The molecular formula is C23H16F2N4Pt. The average Bonchev–Trinajstić information content (AvgIpc) is 2.74. The van der Waals surface area contributed by atoms with E-state index in [4.69, 9.17) is 0 Å². The minimum absolute atomic E-state index is 0. The van der Waals surface area contributed by atoms with Gasteiger partial charge in [-0.3, -0.25) is 0 Å². The number of hydrogen-bond acceptors (Lipinski definition) is 4. The van der Waals surface area contributed by atoms with E-state index < -0.39 is 17.3 Å². The molecule has 30 heavy (non-hydrogen) atoms. The third-order valence-electron chi connectivity index (χ3n) is 4.68. The summed E-state index contributed by atoms with van der Waals surface area (Å²) in [5.41, 5.74) is 2.04. The van der Waals surface area contributed by atoms with Crippen molar-refractivity contribution in [2.75, 3.05) is 0 Å². The summed E-state index contributed by atoms with van der Waals surface area (Å²) in [5, 5.41) is 0. The van der Waals surface area contributed by atoms with Crippen LogP contribution in [0.15, 0.2) is 60.9 Å². The van der Waals surface area contributed by atoms with Gasteiger partial charge in [-0.15, -0.1) is 24.3 Å². The fourth-order valence-electron chi connectivity index (χ4n) is 3.03. The van der Waals surface area contributed by atoms with Crippen LogP contribution in [0.1, 0.15) is 25.2 Å². The summed E-state index contributed by atoms with van der Waals surface area (Å²) in [6.45, 7) is 3.91. The molecule has 0 aliphatic carbocycles. The SMILES string of the molecule is CC(C)(c1cccc(-c2[c-]ccnc2F)n1)c1cccc(-c2[c-]ccnc2F)n1.[Pt+2]. The van der Waals surface area contributed by atoms with E-state index in [1.54, 1.807) is 36.4 Å². The smallest absolute Gasteiger partial charge is 0.326 e. The normalized spacial score (nSPS) is 11.1. The summed E-state index contributed by atoms with van der Waals surface area (Å²) in [6.07, 6.45) is 2.69. The number of nitrogens with zero attached hydrogens (tertiary/aromatic N) is 4. The molecule has 0 unspecified atom stereocenters. The number of aromatic nitrogens is 4. The van der Waals surface area contributed by atoms with Crippen molar-refractivity contribution in [1.29, 1.82) is 0 Å². The van der Waals surface area contributed by atoms with Gasteiger partial charge in [-0.1, -0.05) is 47.8 Å². The van der Waals surface area contributed by atoms with Crippen LogP contribution >= 0.6 is 0 Å². The summed E-state index contributed by atoms with van der Waals surface area (Å²) in [5.74, 6) is -1.25. The molecule has 0 radical (unpaired) electrons. The summed E-state index contributed by atoms with van der Waals surface area (Å²) in [4.78, 5) is 16.6. The third-order valence-corrected chi connectivity index (χ3v) is 4.68. The van der Waals surface area contributed by atoms with Crippen molar-refractivity contribution < 1.29 is 29.8 Å². The molecule has 0 amide bonds. The van der Waals surface area contributed by atoms with E-state index in [1.807, 2.05) is 26.0 Å². The topological polar surface area (TPSA) is 51.6 Å². The van der Waals surface area contributed by atoms with Gasteiger partial charge in [0.2, 0.25) is 0 Å². The monoisotopic (exact) mass is 581 g/mol. The van der Waals surface area contributed by atoms with Crippen molar-refractivity contribution in [2.24, 2.45) is 0 Å². The Balaban J connectivity index is 0.00000256. The van der Waals surface area contributed by atoms with E-state index in [2.05, 4.69) is 32.1 Å². The molecule has 7 heteroatoms. The van der Waals surface area contributed by atoms with E-state index >= 15 is 0 Å². The molecule has 0 aliphatic heterocycles. The quantitative estimate of drug-likeness (QED) is 0.257. The standard InChI is InChI=1S/C23H16F2N4.Pt/c1-23(2,19-11-3-9-17(28-19)15-7-5-13-26-21(15)24)20-12-4-10-18(29-20)16-8-6-14-27-22(16)25;/h3-6,9-14H,1-2H3;/q-2;+2. The van der Waals surface area contributed by atoms with E-state index in [9.17, 15) is 8.78 Å². The molecule has 0 N–H and O–H groups in total. The molecule has 4 rings (SSSR count). The summed E-state index contributed by atoms with van der Waals surface area (Å²) >= 11 is 0. The van der Waals surface area contributed by atoms with Gasteiger partial charge < -0.3 is 19.9 Å². The second-order valence-corrected chi connectivity index (χ2v) is 6.95. The molecular weight excluding hydrogens is 565 g/mol. The number of rotatable bonds is 4. The van der Waals surface area contributed by atoms with Gasteiger partial charge in [0.1, 0.15) is 11.9 Å². The van der Waals surface area contributed by atoms with Crippen LogP contribution in [0.25, 0.3) is 22.5 Å². The zero-order chi connectivity index (χ0) is 20.4. The molecule has 152 valence electrons. The van der Waals surface area contributed by atoms with Gasteiger partial charge >= 0.3 is 21.1 Å². The summed E-state index contributed by atoms with van der Waals surface area (Å²) in [7, 11) is 0. The molecule has 4 heterocycles. The van der Waals surface area contributed by atoms with Crippen LogP contribution < -0.4 is 0 Å².